The molecule has 1 unspecified atom stereocenters. The van der Waals surface area contributed by atoms with Gasteiger partial charge in [0.05, 0.1) is 18.6 Å². The minimum Gasteiger partial charge on any atom is -0.497 e. The molecule has 1 aliphatic carbocycles. The summed E-state index contributed by atoms with van der Waals surface area (Å²) in [5.74, 6) is 0.908. The van der Waals surface area contributed by atoms with E-state index in [2.05, 4.69) is 138 Å². The molecule has 5 aromatic rings. The van der Waals surface area contributed by atoms with E-state index >= 15 is 0 Å². The van der Waals surface area contributed by atoms with E-state index in [1.807, 2.05) is 79.2 Å². The molecule has 3 nitrogen and oxygen atoms in total. The fourth-order valence-corrected chi connectivity index (χ4v) is 8.77. The Hall–Kier alpha value is -4.03. The van der Waals surface area contributed by atoms with Gasteiger partial charge < -0.3 is 4.74 Å². The standard InChI is InChI=1S/C29H31N2S2.C8H10BO.C7H8B/c1-5-31-24-13-7-9-15-26(24)32-27(31)16-10-11-21-17-22(20-29(2,3)19-21)18-28-30(4)23-12-6-8-14-25(23)33-28;1-9-7-3-5-8(10-2)6-4-7;1-8-7-5-3-2-4-6-7/h6-18H,5,19-20H2,1-4H3;3-6H,1-2H3;2-6H,1H3/q+1;;/p+1. The molecule has 0 bridgehead atoms. The van der Waals surface area contributed by atoms with E-state index in [1.165, 1.54) is 57.8 Å². The monoisotopic (exact) mass is 708 g/mol. The number of aromatic nitrogens is 1. The molecule has 0 saturated carbocycles. The number of para-hydroxylation sites is 2. The van der Waals surface area contributed by atoms with Crippen LogP contribution >= 0.6 is 23.1 Å². The highest BCUT2D eigenvalue weighted by Gasteiger charge is 2.29. The highest BCUT2D eigenvalue weighted by Crippen LogP contribution is 2.40. The normalized spacial score (nSPS) is 17.6. The average Bonchev–Trinajstić information content (AvgIpc) is 3.67. The third kappa shape index (κ3) is 10.5. The van der Waals surface area contributed by atoms with E-state index in [4.69, 9.17) is 4.74 Å². The number of rotatable bonds is 7. The molecule has 2 radical (unpaired) electrons. The molecule has 7 rings (SSSR count). The van der Waals surface area contributed by atoms with Crippen molar-refractivity contribution in [3.05, 3.63) is 149 Å². The second-order valence-electron chi connectivity index (χ2n) is 13.5. The number of quaternary nitrogens is 1. The van der Waals surface area contributed by atoms with Gasteiger partial charge in [-0.3, -0.25) is 4.90 Å². The van der Waals surface area contributed by atoms with Gasteiger partial charge in [-0.25, -0.2) is 0 Å². The highest BCUT2D eigenvalue weighted by molar-refractivity contribution is 8.03. The van der Waals surface area contributed by atoms with Crippen LogP contribution in [0.2, 0.25) is 13.6 Å². The first-order valence-electron chi connectivity index (χ1n) is 17.8. The van der Waals surface area contributed by atoms with Crippen LogP contribution in [0.4, 0.5) is 5.69 Å². The molecule has 1 atom stereocenters. The molecule has 7 heteroatoms. The summed E-state index contributed by atoms with van der Waals surface area (Å²) in [6.45, 7) is 12.2. The molecular weight excluding hydrogens is 658 g/mol. The summed E-state index contributed by atoms with van der Waals surface area (Å²) in [6.07, 6.45) is 13.9. The van der Waals surface area contributed by atoms with Gasteiger partial charge in [0.2, 0.25) is 5.52 Å². The minimum atomic E-state index is 0.266. The molecule has 1 N–H and O–H groups in total. The van der Waals surface area contributed by atoms with Crippen LogP contribution in [0.1, 0.15) is 38.6 Å². The summed E-state index contributed by atoms with van der Waals surface area (Å²) in [6, 6.07) is 35.7. The minimum absolute atomic E-state index is 0.266. The number of ether oxygens (including phenoxy) is 1. The maximum absolute atomic E-state index is 5.00. The average molecular weight is 709 g/mol. The number of nitrogens with one attached hydrogen (secondary N) is 1. The second kappa shape index (κ2) is 18.5. The summed E-state index contributed by atoms with van der Waals surface area (Å²) >= 11 is 3.78. The van der Waals surface area contributed by atoms with Crippen LogP contribution < -0.4 is 25.1 Å². The zero-order valence-corrected chi connectivity index (χ0v) is 32.8. The van der Waals surface area contributed by atoms with E-state index in [1.54, 1.807) is 7.11 Å². The Morgan fingerprint density at radius 3 is 2.18 bits per heavy atom. The molecular formula is C44H50B2N2OS2+2. The smallest absolute Gasteiger partial charge is 0.262 e. The van der Waals surface area contributed by atoms with Crippen molar-refractivity contribution < 1.29 is 14.2 Å². The van der Waals surface area contributed by atoms with Gasteiger partial charge in [-0.2, -0.15) is 4.57 Å². The first kappa shape index (κ1) is 38.2. The molecule has 0 saturated heterocycles. The van der Waals surface area contributed by atoms with Crippen molar-refractivity contribution in [2.45, 2.75) is 52.2 Å². The number of allylic oxidation sites excluding steroid dienone is 6. The second-order valence-corrected chi connectivity index (χ2v) is 15.7. The summed E-state index contributed by atoms with van der Waals surface area (Å²) in [4.78, 5) is 2.85. The Balaban J connectivity index is 0.000000228. The van der Waals surface area contributed by atoms with Gasteiger partial charge in [-0.05, 0) is 72.4 Å². The number of fused-ring (bicyclic) bond motifs is 2. The van der Waals surface area contributed by atoms with Crippen molar-refractivity contribution in [3.63, 3.8) is 0 Å². The molecule has 2 aliphatic rings. The largest absolute Gasteiger partial charge is 0.497 e. The number of benzene rings is 4. The predicted molar refractivity (Wildman–Crippen MR) is 225 cm³/mol. The van der Waals surface area contributed by atoms with Gasteiger partial charge in [0, 0.05) is 24.3 Å². The summed E-state index contributed by atoms with van der Waals surface area (Å²) in [7, 11) is 7.99. The van der Waals surface area contributed by atoms with Crippen molar-refractivity contribution in [1.82, 2.24) is 0 Å². The van der Waals surface area contributed by atoms with Crippen molar-refractivity contribution in [2.75, 3.05) is 13.7 Å². The SMILES string of the molecule is CC[NH+]1/C(=C/C=C/C2=CC(=Cc3sc4ccccc4[n+]3C)CC(C)(C)C2)Sc2ccccc21.C[B]c1ccc(OC)cc1.C[B]c1ccccc1. The van der Waals surface area contributed by atoms with E-state index in [-0.39, 0.29) is 5.41 Å². The van der Waals surface area contributed by atoms with Crippen LogP contribution in [0, 0.1) is 5.41 Å². The van der Waals surface area contributed by atoms with Crippen LogP contribution in [0.25, 0.3) is 16.3 Å². The molecule has 0 amide bonds. The van der Waals surface area contributed by atoms with E-state index in [0.29, 0.717) is 0 Å². The topological polar surface area (TPSA) is 17.6 Å². The Bertz CT molecular complexity index is 1990. The van der Waals surface area contributed by atoms with E-state index < -0.39 is 0 Å². The van der Waals surface area contributed by atoms with Crippen molar-refractivity contribution in [2.24, 2.45) is 12.5 Å². The number of hydrogen-bond donors (Lipinski definition) is 1. The number of hydrogen-bond acceptors (Lipinski definition) is 3. The van der Waals surface area contributed by atoms with Gasteiger partial charge in [0.15, 0.2) is 10.7 Å². The molecule has 1 aromatic heterocycles. The summed E-state index contributed by atoms with van der Waals surface area (Å²) in [5.41, 5.74) is 8.32. The zero-order chi connectivity index (χ0) is 36.2. The fourth-order valence-electron chi connectivity index (χ4n) is 6.43. The maximum atomic E-state index is 5.00. The number of thiazole rings is 1. The van der Waals surface area contributed by atoms with Crippen LogP contribution in [0.15, 0.2) is 149 Å². The Labute approximate surface area is 316 Å². The summed E-state index contributed by atoms with van der Waals surface area (Å²) in [5, 5.41) is 2.70. The molecule has 51 heavy (non-hydrogen) atoms. The van der Waals surface area contributed by atoms with Crippen LogP contribution in [0.3, 0.4) is 0 Å². The van der Waals surface area contributed by atoms with E-state index in [9.17, 15) is 0 Å². The fraction of sp³-hybridized carbons (Fsp3) is 0.250. The van der Waals surface area contributed by atoms with Gasteiger partial charge in [0.25, 0.3) is 5.01 Å². The number of thioether (sulfide) groups is 1. The van der Waals surface area contributed by atoms with Gasteiger partial charge in [0.1, 0.15) is 32.1 Å². The molecule has 258 valence electrons. The van der Waals surface area contributed by atoms with Gasteiger partial charge >= 0.3 is 0 Å². The van der Waals surface area contributed by atoms with E-state index in [0.717, 1.165) is 25.1 Å². The highest BCUT2D eigenvalue weighted by atomic mass is 32.2. The molecule has 2 heterocycles. The summed E-state index contributed by atoms with van der Waals surface area (Å²) < 4.78 is 8.66. The quantitative estimate of drug-likeness (QED) is 0.135. The Kier molecular flexibility index (Phi) is 13.8. The first-order chi connectivity index (χ1) is 24.7. The lowest BCUT2D eigenvalue weighted by Gasteiger charge is -2.30. The van der Waals surface area contributed by atoms with Crippen LogP contribution in [0.5, 0.6) is 5.75 Å². The van der Waals surface area contributed by atoms with Gasteiger partial charge in [-0.1, -0.05) is 135 Å². The third-order valence-corrected chi connectivity index (χ3v) is 11.4. The van der Waals surface area contributed by atoms with Crippen LogP contribution in [-0.2, 0) is 7.05 Å². The van der Waals surface area contributed by atoms with Crippen LogP contribution in [-0.4, -0.2) is 28.2 Å². The third-order valence-electron chi connectivity index (χ3n) is 9.04. The van der Waals surface area contributed by atoms with Gasteiger partial charge in [-0.15, -0.1) is 0 Å². The Morgan fingerprint density at radius 1 is 0.843 bits per heavy atom. The molecule has 4 aromatic carbocycles. The lowest BCUT2D eigenvalue weighted by Crippen LogP contribution is -3.03. The van der Waals surface area contributed by atoms with Crippen molar-refractivity contribution in [1.29, 1.82) is 0 Å². The lowest BCUT2D eigenvalue weighted by molar-refractivity contribution is -0.777. The molecule has 1 aliphatic heterocycles. The van der Waals surface area contributed by atoms with Crippen molar-refractivity contribution >= 4 is 70.6 Å². The predicted octanol–water partition coefficient (Wildman–Crippen LogP) is 8.73. The Morgan fingerprint density at radius 2 is 1.51 bits per heavy atom. The van der Waals surface area contributed by atoms with Crippen molar-refractivity contribution in [3.8, 4) is 5.75 Å². The maximum Gasteiger partial charge on any atom is 0.262 e. The first-order valence-corrected chi connectivity index (χ1v) is 19.4. The number of aryl methyl sites for hydroxylation is 1. The molecule has 0 spiro atoms. The number of nitrogens with zero attached hydrogens (tertiary/aromatic N) is 1. The molecule has 0 fully saturated rings. The zero-order valence-electron chi connectivity index (χ0n) is 31.1. The lowest BCUT2D eigenvalue weighted by atomic mass is 9.73. The number of methoxy groups -OCH3 is 1.